The number of benzene rings is 4. The summed E-state index contributed by atoms with van der Waals surface area (Å²) in [5, 5.41) is 11.0. The Balaban J connectivity index is 1.72. The summed E-state index contributed by atoms with van der Waals surface area (Å²) in [7, 11) is 0. The van der Waals surface area contributed by atoms with Crippen LogP contribution in [0.5, 0.6) is 5.75 Å². The second kappa shape index (κ2) is 11.3. The van der Waals surface area contributed by atoms with Crippen LogP contribution in [0.1, 0.15) is 79.0 Å². The van der Waals surface area contributed by atoms with Crippen molar-refractivity contribution >= 4 is 11.0 Å². The van der Waals surface area contributed by atoms with Gasteiger partial charge >= 0.3 is 0 Å². The van der Waals surface area contributed by atoms with Crippen molar-refractivity contribution < 1.29 is 5.11 Å². The molecule has 0 spiro atoms. The Morgan fingerprint density at radius 1 is 0.565 bits per heavy atom. The van der Waals surface area contributed by atoms with Gasteiger partial charge in [0, 0.05) is 23.0 Å². The molecule has 0 aliphatic carbocycles. The van der Waals surface area contributed by atoms with Crippen LogP contribution in [0.15, 0.2) is 103 Å². The summed E-state index contributed by atoms with van der Waals surface area (Å²) < 4.78 is 2.16. The van der Waals surface area contributed by atoms with E-state index in [0.29, 0.717) is 11.4 Å². The van der Waals surface area contributed by atoms with Crippen molar-refractivity contribution in [2.75, 3.05) is 0 Å². The number of pyridine rings is 1. The molecule has 0 amide bonds. The molecule has 4 nitrogen and oxygen atoms in total. The zero-order valence-corrected chi connectivity index (χ0v) is 28.6. The van der Waals surface area contributed by atoms with Gasteiger partial charge in [-0.1, -0.05) is 111 Å². The first-order valence-corrected chi connectivity index (χ1v) is 16.2. The molecule has 6 rings (SSSR count). The predicted octanol–water partition coefficient (Wildman–Crippen LogP) is 11.0. The molecular weight excluding hydrogens is 562 g/mol. The molecule has 0 unspecified atom stereocenters. The van der Waals surface area contributed by atoms with Crippen LogP contribution in [0.3, 0.4) is 0 Å². The second-order valence-corrected chi connectivity index (χ2v) is 15.4. The minimum atomic E-state index is -0.140. The summed E-state index contributed by atoms with van der Waals surface area (Å²) in [6, 6.07) is 33.3. The summed E-state index contributed by atoms with van der Waals surface area (Å²) in [6.45, 7) is 20.4. The minimum Gasteiger partial charge on any atom is -0.507 e. The minimum absolute atomic E-state index is 0.00301. The van der Waals surface area contributed by atoms with Gasteiger partial charge in [0.2, 0.25) is 0 Å². The molecule has 4 aromatic carbocycles. The van der Waals surface area contributed by atoms with Gasteiger partial charge in [0.1, 0.15) is 11.6 Å². The van der Waals surface area contributed by atoms with E-state index in [1.54, 1.807) is 6.07 Å². The van der Waals surface area contributed by atoms with Gasteiger partial charge in [-0.25, -0.2) is 4.98 Å². The van der Waals surface area contributed by atoms with E-state index < -0.39 is 0 Å². The van der Waals surface area contributed by atoms with E-state index in [1.807, 2.05) is 42.6 Å². The summed E-state index contributed by atoms with van der Waals surface area (Å²) >= 11 is 0. The first-order chi connectivity index (χ1) is 21.6. The topological polar surface area (TPSA) is 50.9 Å². The van der Waals surface area contributed by atoms with Gasteiger partial charge in [-0.2, -0.15) is 0 Å². The molecule has 0 atom stereocenters. The molecule has 0 saturated heterocycles. The van der Waals surface area contributed by atoms with Crippen molar-refractivity contribution in [3.05, 3.63) is 120 Å². The largest absolute Gasteiger partial charge is 0.507 e. The fraction of sp³-hybridized carbons (Fsp3) is 0.286. The summed E-state index contributed by atoms with van der Waals surface area (Å²) in [6.07, 6.45) is 1.94. The number of imidazole rings is 1. The molecule has 1 N–H and O–H groups in total. The highest BCUT2D eigenvalue weighted by Crippen LogP contribution is 2.45. The fourth-order valence-corrected chi connectivity index (χ4v) is 6.32. The molecule has 234 valence electrons. The standard InChI is InChI=1S/C42H45N3O/c1-40(2,3)27-22-23-43-35(24-27)32-25-31(33(41(4,5)6)26-34(32)42(7,8)9)29-19-15-20-36-38(29)44-39(30-18-13-14-21-37(30)46)45(36)28-16-11-10-12-17-28/h10-26,46H,1-9H3. The lowest BCUT2D eigenvalue weighted by Gasteiger charge is -2.30. The molecule has 6 aromatic rings. The highest BCUT2D eigenvalue weighted by molar-refractivity contribution is 5.97. The number of phenolic OH excluding ortho intramolecular Hbond substituents is 1. The van der Waals surface area contributed by atoms with Crippen LogP contribution >= 0.6 is 0 Å². The van der Waals surface area contributed by atoms with E-state index in [9.17, 15) is 5.11 Å². The van der Waals surface area contributed by atoms with Gasteiger partial charge in [0.25, 0.3) is 0 Å². The van der Waals surface area contributed by atoms with Crippen LogP contribution < -0.4 is 0 Å². The van der Waals surface area contributed by atoms with Crippen molar-refractivity contribution in [3.8, 4) is 45.2 Å². The number of hydrogen-bond acceptors (Lipinski definition) is 3. The number of para-hydroxylation sites is 3. The third-order valence-corrected chi connectivity index (χ3v) is 8.81. The molecule has 4 heteroatoms. The van der Waals surface area contributed by atoms with Gasteiger partial charge in [-0.15, -0.1) is 0 Å². The summed E-state index contributed by atoms with van der Waals surface area (Å²) in [4.78, 5) is 10.3. The van der Waals surface area contributed by atoms with Crippen LogP contribution in [0.2, 0.25) is 0 Å². The summed E-state index contributed by atoms with van der Waals surface area (Å²) in [5.74, 6) is 0.906. The van der Waals surface area contributed by atoms with Crippen molar-refractivity contribution in [1.82, 2.24) is 14.5 Å². The highest BCUT2D eigenvalue weighted by atomic mass is 16.3. The predicted molar refractivity (Wildman–Crippen MR) is 193 cm³/mol. The number of nitrogens with zero attached hydrogens (tertiary/aromatic N) is 3. The summed E-state index contributed by atoms with van der Waals surface area (Å²) in [5.41, 5.74) is 11.4. The van der Waals surface area contributed by atoms with E-state index in [1.165, 1.54) is 16.7 Å². The van der Waals surface area contributed by atoms with Crippen molar-refractivity contribution in [1.29, 1.82) is 0 Å². The highest BCUT2D eigenvalue weighted by Gasteiger charge is 2.29. The van der Waals surface area contributed by atoms with E-state index in [2.05, 4.69) is 121 Å². The fourth-order valence-electron chi connectivity index (χ4n) is 6.32. The van der Waals surface area contributed by atoms with Crippen molar-refractivity contribution in [2.24, 2.45) is 0 Å². The molecule has 0 radical (unpaired) electrons. The maximum atomic E-state index is 11.0. The first-order valence-electron chi connectivity index (χ1n) is 16.2. The van der Waals surface area contributed by atoms with E-state index >= 15 is 0 Å². The SMILES string of the molecule is CC(C)(C)c1ccnc(-c2cc(-c3cccc4c3nc(-c3ccccc3O)n4-c3ccccc3)c(C(C)(C)C)cc2C(C)(C)C)c1. The lowest BCUT2D eigenvalue weighted by Crippen LogP contribution is -2.19. The lowest BCUT2D eigenvalue weighted by molar-refractivity contribution is 0.477. The molecule has 2 heterocycles. The Hall–Kier alpha value is -4.70. The molecular formula is C42H45N3O. The first kappa shape index (κ1) is 31.3. The Kier molecular flexibility index (Phi) is 7.67. The van der Waals surface area contributed by atoms with Crippen LogP contribution in [0.4, 0.5) is 0 Å². The number of phenols is 1. The number of fused-ring (bicyclic) bond motifs is 1. The third kappa shape index (κ3) is 5.73. The zero-order valence-electron chi connectivity index (χ0n) is 28.6. The lowest BCUT2D eigenvalue weighted by atomic mass is 9.74. The maximum Gasteiger partial charge on any atom is 0.149 e. The van der Waals surface area contributed by atoms with Crippen LogP contribution in [-0.2, 0) is 16.2 Å². The Morgan fingerprint density at radius 2 is 1.20 bits per heavy atom. The van der Waals surface area contributed by atoms with Crippen LogP contribution in [0, 0.1) is 0 Å². The van der Waals surface area contributed by atoms with E-state index in [-0.39, 0.29) is 22.0 Å². The van der Waals surface area contributed by atoms with Crippen LogP contribution in [-0.4, -0.2) is 19.6 Å². The zero-order chi connectivity index (χ0) is 33.0. The Labute approximate surface area is 273 Å². The average molecular weight is 608 g/mol. The number of aromatic hydroxyl groups is 1. The van der Waals surface area contributed by atoms with Gasteiger partial charge in [0.05, 0.1) is 22.3 Å². The van der Waals surface area contributed by atoms with Crippen LogP contribution in [0.25, 0.3) is 50.5 Å². The van der Waals surface area contributed by atoms with Crippen molar-refractivity contribution in [2.45, 2.75) is 78.6 Å². The monoisotopic (exact) mass is 607 g/mol. The molecule has 0 aliphatic heterocycles. The normalized spacial score (nSPS) is 12.5. The molecule has 0 saturated carbocycles. The Morgan fingerprint density at radius 3 is 1.85 bits per heavy atom. The van der Waals surface area contributed by atoms with Crippen molar-refractivity contribution in [3.63, 3.8) is 0 Å². The van der Waals surface area contributed by atoms with Gasteiger partial charge < -0.3 is 5.11 Å². The molecule has 0 bridgehead atoms. The van der Waals surface area contributed by atoms with E-state index in [0.717, 1.165) is 39.1 Å². The smallest absolute Gasteiger partial charge is 0.149 e. The second-order valence-electron chi connectivity index (χ2n) is 15.4. The molecule has 0 fully saturated rings. The number of aromatic nitrogens is 3. The average Bonchev–Trinajstić information content (AvgIpc) is 3.39. The molecule has 2 aromatic heterocycles. The quantitative estimate of drug-likeness (QED) is 0.217. The molecule has 0 aliphatic rings. The Bertz CT molecular complexity index is 2050. The van der Waals surface area contributed by atoms with Gasteiger partial charge in [0.15, 0.2) is 0 Å². The molecule has 46 heavy (non-hydrogen) atoms. The number of rotatable bonds is 4. The number of hydrogen-bond donors (Lipinski definition) is 1. The van der Waals surface area contributed by atoms with Gasteiger partial charge in [-0.3, -0.25) is 9.55 Å². The van der Waals surface area contributed by atoms with E-state index in [4.69, 9.17) is 9.97 Å². The third-order valence-electron chi connectivity index (χ3n) is 8.81. The maximum absolute atomic E-state index is 11.0. The van der Waals surface area contributed by atoms with Gasteiger partial charge in [-0.05, 0) is 87.0 Å².